The van der Waals surface area contributed by atoms with Crippen molar-refractivity contribution in [3.05, 3.63) is 83.9 Å². The molecule has 1 aliphatic rings. The molecule has 3 aromatic carbocycles. The molecule has 0 saturated heterocycles. The minimum atomic E-state index is -0.0597. The van der Waals surface area contributed by atoms with Crippen molar-refractivity contribution >= 4 is 23.2 Å². The lowest BCUT2D eigenvalue weighted by Gasteiger charge is -2.29. The number of ether oxygens (including phenoxy) is 1. The summed E-state index contributed by atoms with van der Waals surface area (Å²) < 4.78 is 4.99. The average molecular weight is 415 g/mol. The summed E-state index contributed by atoms with van der Waals surface area (Å²) in [5.74, 6) is -0.102. The molecule has 0 bridgehead atoms. The first-order valence-electron chi connectivity index (χ1n) is 10.5. The summed E-state index contributed by atoms with van der Waals surface area (Å²) in [5, 5.41) is 2.99. The highest BCUT2D eigenvalue weighted by atomic mass is 16.5. The lowest BCUT2D eigenvalue weighted by Crippen LogP contribution is -2.37. The van der Waals surface area contributed by atoms with E-state index in [1.807, 2.05) is 60.7 Å². The Morgan fingerprint density at radius 3 is 2.45 bits per heavy atom. The number of amides is 2. The van der Waals surface area contributed by atoms with Gasteiger partial charge in [-0.15, -0.1) is 0 Å². The van der Waals surface area contributed by atoms with Gasteiger partial charge in [0.2, 0.25) is 5.91 Å². The Morgan fingerprint density at radius 2 is 1.71 bits per heavy atom. The van der Waals surface area contributed by atoms with Crippen LogP contribution >= 0.6 is 0 Å². The molecule has 2 amide bonds. The summed E-state index contributed by atoms with van der Waals surface area (Å²) in [5.41, 5.74) is 5.98. The van der Waals surface area contributed by atoms with Crippen LogP contribution in [-0.4, -0.2) is 32.1 Å². The first-order valence-corrected chi connectivity index (χ1v) is 10.5. The highest BCUT2D eigenvalue weighted by molar-refractivity contribution is 5.97. The number of benzene rings is 3. The second-order valence-electron chi connectivity index (χ2n) is 7.71. The van der Waals surface area contributed by atoms with Crippen LogP contribution in [-0.2, 0) is 27.2 Å². The highest BCUT2D eigenvalue weighted by Gasteiger charge is 2.22. The Balaban J connectivity index is 1.40. The Morgan fingerprint density at radius 1 is 0.968 bits per heavy atom. The predicted molar refractivity (Wildman–Crippen MR) is 123 cm³/mol. The van der Waals surface area contributed by atoms with Gasteiger partial charge in [0, 0.05) is 25.0 Å². The molecule has 3 aromatic rings. The van der Waals surface area contributed by atoms with Crippen LogP contribution in [0.4, 0.5) is 11.4 Å². The third-order valence-corrected chi connectivity index (χ3v) is 5.48. The van der Waals surface area contributed by atoms with Crippen molar-refractivity contribution in [3.8, 4) is 11.1 Å². The van der Waals surface area contributed by atoms with Crippen molar-refractivity contribution < 1.29 is 14.3 Å². The molecular formula is C26H26N2O3. The van der Waals surface area contributed by atoms with Crippen LogP contribution in [0.15, 0.2) is 72.8 Å². The first kappa shape index (κ1) is 20.8. The predicted octanol–water partition coefficient (Wildman–Crippen LogP) is 4.46. The maximum absolute atomic E-state index is 12.6. The summed E-state index contributed by atoms with van der Waals surface area (Å²) in [7, 11) is 1.52. The van der Waals surface area contributed by atoms with Crippen molar-refractivity contribution in [2.24, 2.45) is 0 Å². The molecule has 4 rings (SSSR count). The average Bonchev–Trinajstić information content (AvgIpc) is 2.79. The van der Waals surface area contributed by atoms with Crippen LogP contribution in [0.3, 0.4) is 0 Å². The molecule has 0 atom stereocenters. The molecule has 1 heterocycles. The molecule has 0 aliphatic carbocycles. The van der Waals surface area contributed by atoms with Gasteiger partial charge in [0.25, 0.3) is 5.91 Å². The van der Waals surface area contributed by atoms with E-state index >= 15 is 0 Å². The molecule has 0 unspecified atom stereocenters. The zero-order chi connectivity index (χ0) is 21.6. The molecule has 1 N–H and O–H groups in total. The van der Waals surface area contributed by atoms with Gasteiger partial charge >= 0.3 is 0 Å². The van der Waals surface area contributed by atoms with Gasteiger partial charge in [-0.05, 0) is 53.3 Å². The SMILES string of the molecule is COCC(=O)N1CCCc2cc(NC(=O)Cc3ccc(-c4ccccc4)cc3)ccc21. The van der Waals surface area contributed by atoms with Gasteiger partial charge in [0.1, 0.15) is 6.61 Å². The number of hydrogen-bond acceptors (Lipinski definition) is 3. The van der Waals surface area contributed by atoms with Crippen molar-refractivity contribution in [2.45, 2.75) is 19.3 Å². The molecule has 0 fully saturated rings. The number of carbonyl (C=O) groups excluding carboxylic acids is 2. The Hall–Kier alpha value is -3.44. The van der Waals surface area contributed by atoms with Crippen LogP contribution in [0, 0.1) is 0 Å². The maximum atomic E-state index is 12.6. The molecule has 0 spiro atoms. The molecule has 0 saturated carbocycles. The van der Waals surface area contributed by atoms with Gasteiger partial charge < -0.3 is 15.0 Å². The number of carbonyl (C=O) groups is 2. The van der Waals surface area contributed by atoms with Gasteiger partial charge in [-0.3, -0.25) is 9.59 Å². The van der Waals surface area contributed by atoms with E-state index in [1.54, 1.807) is 4.90 Å². The van der Waals surface area contributed by atoms with E-state index in [9.17, 15) is 9.59 Å². The number of rotatable bonds is 6. The Labute approximate surface area is 182 Å². The van der Waals surface area contributed by atoms with Gasteiger partial charge in [0.05, 0.1) is 6.42 Å². The van der Waals surface area contributed by atoms with Crippen LogP contribution in [0.5, 0.6) is 0 Å². The minimum Gasteiger partial charge on any atom is -0.375 e. The standard InChI is InChI=1S/C26H26N2O3/c1-31-18-26(30)28-15-5-8-22-17-23(13-14-24(22)28)27-25(29)16-19-9-11-21(12-10-19)20-6-3-2-4-7-20/h2-4,6-7,9-14,17H,5,8,15-16,18H2,1H3,(H,27,29). The third-order valence-electron chi connectivity index (χ3n) is 5.48. The van der Waals surface area contributed by atoms with Crippen LogP contribution < -0.4 is 10.2 Å². The van der Waals surface area contributed by atoms with Crippen LogP contribution in [0.25, 0.3) is 11.1 Å². The van der Waals surface area contributed by atoms with Gasteiger partial charge in [-0.2, -0.15) is 0 Å². The van der Waals surface area contributed by atoms with Crippen molar-refractivity contribution in [2.75, 3.05) is 30.5 Å². The summed E-state index contributed by atoms with van der Waals surface area (Å²) in [6.45, 7) is 0.765. The molecule has 31 heavy (non-hydrogen) atoms. The van der Waals surface area contributed by atoms with Crippen molar-refractivity contribution in [3.63, 3.8) is 0 Å². The number of nitrogens with zero attached hydrogens (tertiary/aromatic N) is 1. The summed E-state index contributed by atoms with van der Waals surface area (Å²) >= 11 is 0. The van der Waals surface area contributed by atoms with E-state index in [-0.39, 0.29) is 18.4 Å². The quantitative estimate of drug-likeness (QED) is 0.648. The lowest BCUT2D eigenvalue weighted by molar-refractivity contribution is -0.122. The second-order valence-corrected chi connectivity index (χ2v) is 7.71. The molecular weight excluding hydrogens is 388 g/mol. The number of aryl methyl sites for hydroxylation is 1. The lowest BCUT2D eigenvalue weighted by atomic mass is 10.0. The van der Waals surface area contributed by atoms with Crippen molar-refractivity contribution in [1.29, 1.82) is 0 Å². The number of nitrogens with one attached hydrogen (secondary N) is 1. The van der Waals surface area contributed by atoms with Crippen molar-refractivity contribution in [1.82, 2.24) is 0 Å². The summed E-state index contributed by atoms with van der Waals surface area (Å²) in [4.78, 5) is 26.6. The van der Waals surface area contributed by atoms with E-state index in [2.05, 4.69) is 17.4 Å². The maximum Gasteiger partial charge on any atom is 0.252 e. The Kier molecular flexibility index (Phi) is 6.43. The summed E-state index contributed by atoms with van der Waals surface area (Å²) in [6, 6.07) is 24.0. The highest BCUT2D eigenvalue weighted by Crippen LogP contribution is 2.30. The molecule has 5 heteroatoms. The number of methoxy groups -OCH3 is 1. The first-order chi connectivity index (χ1) is 15.1. The van der Waals surface area contributed by atoms with E-state index in [1.165, 1.54) is 7.11 Å². The number of anilines is 2. The normalized spacial score (nSPS) is 12.9. The van der Waals surface area contributed by atoms with Crippen LogP contribution in [0.1, 0.15) is 17.5 Å². The van der Waals surface area contributed by atoms with Crippen LogP contribution in [0.2, 0.25) is 0 Å². The topological polar surface area (TPSA) is 58.6 Å². The van der Waals surface area contributed by atoms with E-state index in [0.29, 0.717) is 13.0 Å². The fourth-order valence-corrected chi connectivity index (χ4v) is 3.97. The molecule has 1 aliphatic heterocycles. The molecule has 0 radical (unpaired) electrons. The fourth-order valence-electron chi connectivity index (χ4n) is 3.97. The second kappa shape index (κ2) is 9.58. The van der Waals surface area contributed by atoms with Gasteiger partial charge in [-0.1, -0.05) is 54.6 Å². The van der Waals surface area contributed by atoms with Gasteiger partial charge in [0.15, 0.2) is 0 Å². The van der Waals surface area contributed by atoms with E-state index < -0.39 is 0 Å². The zero-order valence-electron chi connectivity index (χ0n) is 17.6. The summed E-state index contributed by atoms with van der Waals surface area (Å²) in [6.07, 6.45) is 2.09. The van der Waals surface area contributed by atoms with Gasteiger partial charge in [-0.25, -0.2) is 0 Å². The monoisotopic (exact) mass is 414 g/mol. The molecule has 158 valence electrons. The smallest absolute Gasteiger partial charge is 0.252 e. The zero-order valence-corrected chi connectivity index (χ0v) is 17.6. The largest absolute Gasteiger partial charge is 0.375 e. The van der Waals surface area contributed by atoms with E-state index in [4.69, 9.17) is 4.74 Å². The fraction of sp³-hybridized carbons (Fsp3) is 0.231. The third kappa shape index (κ3) is 5.01. The molecule has 0 aromatic heterocycles. The number of hydrogen-bond donors (Lipinski definition) is 1. The Bertz CT molecular complexity index is 1060. The number of fused-ring (bicyclic) bond motifs is 1. The minimum absolute atomic E-state index is 0.0424. The molecule has 5 nitrogen and oxygen atoms in total. The van der Waals surface area contributed by atoms with E-state index in [0.717, 1.165) is 46.5 Å².